The quantitative estimate of drug-likeness (QED) is 0.789. The van der Waals surface area contributed by atoms with E-state index in [2.05, 4.69) is 5.32 Å². The Hall–Kier alpha value is -2.43. The number of amides is 2. The Morgan fingerprint density at radius 3 is 2.68 bits per heavy atom. The Bertz CT molecular complexity index is 509. The van der Waals surface area contributed by atoms with Crippen molar-refractivity contribution in [1.82, 2.24) is 10.2 Å². The molecule has 5 heteroatoms. The first-order valence-electron chi connectivity index (χ1n) is 5.69. The average molecular weight is 259 g/mol. The predicted molar refractivity (Wildman–Crippen MR) is 72.2 cm³/mol. The van der Waals surface area contributed by atoms with Crippen LogP contribution in [-0.2, 0) is 9.59 Å². The Balaban J connectivity index is 2.95. The van der Waals surface area contributed by atoms with E-state index >= 15 is 0 Å². The normalized spacial score (nSPS) is 10.2. The summed E-state index contributed by atoms with van der Waals surface area (Å²) in [6.07, 6.45) is 4.34. The average Bonchev–Trinajstić information content (AvgIpc) is 2.44. The van der Waals surface area contributed by atoms with Crippen molar-refractivity contribution < 1.29 is 14.4 Å². The van der Waals surface area contributed by atoms with Crippen molar-refractivity contribution in [2.24, 2.45) is 0 Å². The summed E-state index contributed by atoms with van der Waals surface area (Å²) >= 11 is 0. The molecule has 19 heavy (non-hydrogen) atoms. The van der Waals surface area contributed by atoms with Gasteiger partial charge in [0.15, 0.2) is 0 Å². The van der Waals surface area contributed by atoms with Crippen LogP contribution < -0.4 is 5.32 Å². The Kier molecular flexibility index (Phi) is 5.47. The Morgan fingerprint density at radius 2 is 2.05 bits per heavy atom. The zero-order chi connectivity index (χ0) is 14.3. The smallest absolute Gasteiger partial charge is 0.254 e. The summed E-state index contributed by atoms with van der Waals surface area (Å²) < 4.78 is 0. The SMILES string of the molecule is CNC(=O)CN(C)C(=O)c1ccccc1/C=C/[C]=O. The summed E-state index contributed by atoms with van der Waals surface area (Å²) in [5, 5.41) is 2.45. The highest BCUT2D eigenvalue weighted by molar-refractivity contribution is 5.99. The lowest BCUT2D eigenvalue weighted by Crippen LogP contribution is -2.37. The molecule has 0 aromatic heterocycles. The lowest BCUT2D eigenvalue weighted by Gasteiger charge is -2.17. The van der Waals surface area contributed by atoms with Gasteiger partial charge >= 0.3 is 0 Å². The standard InChI is InChI=1S/C14H15N2O3/c1-15-13(18)10-16(2)14(19)12-8-4-3-6-11(12)7-5-9-17/h3-8H,10H2,1-2H3,(H,15,18)/b7-5+. The van der Waals surface area contributed by atoms with E-state index in [-0.39, 0.29) is 18.4 Å². The molecular formula is C14H15N2O3. The zero-order valence-electron chi connectivity index (χ0n) is 10.8. The summed E-state index contributed by atoms with van der Waals surface area (Å²) in [7, 11) is 3.06. The van der Waals surface area contributed by atoms with E-state index in [1.165, 1.54) is 24.1 Å². The van der Waals surface area contributed by atoms with E-state index < -0.39 is 0 Å². The van der Waals surface area contributed by atoms with Gasteiger partial charge in [-0.3, -0.25) is 14.4 Å². The number of nitrogens with zero attached hydrogens (tertiary/aromatic N) is 1. The zero-order valence-corrected chi connectivity index (χ0v) is 10.8. The van der Waals surface area contributed by atoms with Gasteiger partial charge in [-0.15, -0.1) is 0 Å². The molecule has 0 saturated carbocycles. The first-order valence-corrected chi connectivity index (χ1v) is 5.69. The fourth-order valence-electron chi connectivity index (χ4n) is 1.53. The molecule has 1 radical (unpaired) electrons. The number of carbonyl (C=O) groups is 2. The van der Waals surface area contributed by atoms with Crippen LogP contribution in [0.5, 0.6) is 0 Å². The van der Waals surface area contributed by atoms with Crippen molar-refractivity contribution in [2.45, 2.75) is 0 Å². The second-order valence-corrected chi connectivity index (χ2v) is 3.87. The highest BCUT2D eigenvalue weighted by Gasteiger charge is 2.16. The number of allylic oxidation sites excluding steroid dienone is 1. The maximum absolute atomic E-state index is 12.2. The highest BCUT2D eigenvalue weighted by atomic mass is 16.2. The largest absolute Gasteiger partial charge is 0.358 e. The van der Waals surface area contributed by atoms with Crippen LogP contribution in [0, 0.1) is 0 Å². The summed E-state index contributed by atoms with van der Waals surface area (Å²) in [5.74, 6) is -0.528. The van der Waals surface area contributed by atoms with Gasteiger partial charge in [0.05, 0.1) is 6.54 Å². The van der Waals surface area contributed by atoms with Gasteiger partial charge in [0.1, 0.15) is 0 Å². The van der Waals surface area contributed by atoms with Crippen LogP contribution in [0.25, 0.3) is 6.08 Å². The third-order valence-corrected chi connectivity index (χ3v) is 2.53. The molecule has 1 N–H and O–H groups in total. The molecule has 99 valence electrons. The van der Waals surface area contributed by atoms with Crippen LogP contribution >= 0.6 is 0 Å². The van der Waals surface area contributed by atoms with E-state index in [0.717, 1.165) is 0 Å². The van der Waals surface area contributed by atoms with E-state index in [1.54, 1.807) is 37.6 Å². The van der Waals surface area contributed by atoms with Crippen molar-refractivity contribution >= 4 is 24.2 Å². The number of rotatable bonds is 5. The van der Waals surface area contributed by atoms with Crippen molar-refractivity contribution in [3.05, 3.63) is 41.5 Å². The molecule has 0 aliphatic carbocycles. The molecule has 0 fully saturated rings. The Morgan fingerprint density at radius 1 is 1.37 bits per heavy atom. The number of carbonyl (C=O) groups excluding carboxylic acids is 3. The van der Waals surface area contributed by atoms with E-state index in [4.69, 9.17) is 0 Å². The van der Waals surface area contributed by atoms with Crippen LogP contribution in [0.1, 0.15) is 15.9 Å². The van der Waals surface area contributed by atoms with Gasteiger partial charge in [-0.1, -0.05) is 24.3 Å². The molecule has 0 bridgehead atoms. The predicted octanol–water partition coefficient (Wildman–Crippen LogP) is 0.627. The monoisotopic (exact) mass is 259 g/mol. The molecule has 0 heterocycles. The topological polar surface area (TPSA) is 66.5 Å². The fraction of sp³-hybridized carbons (Fsp3) is 0.214. The maximum Gasteiger partial charge on any atom is 0.254 e. The highest BCUT2D eigenvalue weighted by Crippen LogP contribution is 2.12. The lowest BCUT2D eigenvalue weighted by molar-refractivity contribution is -0.121. The van der Waals surface area contributed by atoms with Crippen molar-refractivity contribution in [1.29, 1.82) is 0 Å². The molecule has 1 aromatic rings. The molecule has 1 aromatic carbocycles. The van der Waals surface area contributed by atoms with E-state index in [9.17, 15) is 14.4 Å². The van der Waals surface area contributed by atoms with E-state index in [0.29, 0.717) is 11.1 Å². The van der Waals surface area contributed by atoms with Crippen LogP contribution in [0.2, 0.25) is 0 Å². The van der Waals surface area contributed by atoms with Gasteiger partial charge in [0, 0.05) is 19.7 Å². The van der Waals surface area contributed by atoms with Crippen molar-refractivity contribution in [3.63, 3.8) is 0 Å². The molecule has 2 amide bonds. The second-order valence-electron chi connectivity index (χ2n) is 3.87. The van der Waals surface area contributed by atoms with Gasteiger partial charge < -0.3 is 10.2 Å². The number of hydrogen-bond acceptors (Lipinski definition) is 3. The van der Waals surface area contributed by atoms with Crippen LogP contribution in [0.3, 0.4) is 0 Å². The van der Waals surface area contributed by atoms with Gasteiger partial charge in [-0.2, -0.15) is 0 Å². The van der Waals surface area contributed by atoms with Gasteiger partial charge in [0.25, 0.3) is 5.91 Å². The summed E-state index contributed by atoms with van der Waals surface area (Å²) in [4.78, 5) is 35.0. The molecule has 0 unspecified atom stereocenters. The van der Waals surface area contributed by atoms with Crippen LogP contribution in [0.4, 0.5) is 0 Å². The lowest BCUT2D eigenvalue weighted by atomic mass is 10.1. The summed E-state index contributed by atoms with van der Waals surface area (Å²) in [6.45, 7) is -0.0206. The van der Waals surface area contributed by atoms with Crippen LogP contribution in [0.15, 0.2) is 30.3 Å². The third kappa shape index (κ3) is 4.06. The minimum atomic E-state index is -0.283. The number of hydrogen-bond donors (Lipinski definition) is 1. The molecular weight excluding hydrogens is 244 g/mol. The molecule has 0 aliphatic heterocycles. The molecule has 5 nitrogen and oxygen atoms in total. The molecule has 0 aliphatic rings. The fourth-order valence-corrected chi connectivity index (χ4v) is 1.53. The summed E-state index contributed by atoms with van der Waals surface area (Å²) in [6, 6.07) is 6.85. The minimum absolute atomic E-state index is 0.0206. The summed E-state index contributed by atoms with van der Waals surface area (Å²) in [5.41, 5.74) is 1.04. The third-order valence-electron chi connectivity index (χ3n) is 2.53. The van der Waals surface area contributed by atoms with Crippen molar-refractivity contribution in [2.75, 3.05) is 20.6 Å². The first-order chi connectivity index (χ1) is 9.10. The van der Waals surface area contributed by atoms with Gasteiger partial charge in [0.2, 0.25) is 12.2 Å². The number of nitrogens with one attached hydrogen (secondary N) is 1. The second kappa shape index (κ2) is 7.10. The Labute approximate surface area is 111 Å². The van der Waals surface area contributed by atoms with Gasteiger partial charge in [-0.05, 0) is 17.7 Å². The number of likely N-dealkylation sites (N-methyl/N-ethyl adjacent to an activating group) is 2. The number of benzene rings is 1. The van der Waals surface area contributed by atoms with Crippen LogP contribution in [-0.4, -0.2) is 43.6 Å². The minimum Gasteiger partial charge on any atom is -0.358 e. The van der Waals surface area contributed by atoms with E-state index in [1.807, 2.05) is 0 Å². The van der Waals surface area contributed by atoms with Crippen molar-refractivity contribution in [3.8, 4) is 0 Å². The maximum atomic E-state index is 12.2. The first kappa shape index (κ1) is 14.6. The van der Waals surface area contributed by atoms with Gasteiger partial charge in [-0.25, -0.2) is 0 Å². The molecule has 0 saturated heterocycles. The molecule has 0 spiro atoms. The molecule has 0 atom stereocenters. The molecule has 1 rings (SSSR count).